The van der Waals surface area contributed by atoms with Crippen LogP contribution in [0.25, 0.3) is 0 Å². The maximum Gasteiger partial charge on any atom is 0.219 e. The van der Waals surface area contributed by atoms with Gasteiger partial charge in [-0.25, -0.2) is 19.9 Å². The third-order valence-electron chi connectivity index (χ3n) is 11.4. The van der Waals surface area contributed by atoms with Crippen LogP contribution in [0.4, 0.5) is 0 Å². The maximum absolute atomic E-state index is 5.12. The Labute approximate surface area is 530 Å². The van der Waals surface area contributed by atoms with Crippen molar-refractivity contribution in [2.45, 2.75) is 225 Å². The Balaban J connectivity index is 0.000000472. The molecule has 0 bridgehead atoms. The van der Waals surface area contributed by atoms with Gasteiger partial charge in [0.05, 0.1) is 50.3 Å². The van der Waals surface area contributed by atoms with Gasteiger partial charge in [-0.3, -0.25) is 19.9 Å². The Morgan fingerprint density at radius 1 is 0.541 bits per heavy atom. The Bertz CT molecular complexity index is 2570. The van der Waals surface area contributed by atoms with Gasteiger partial charge in [-0.2, -0.15) is 15.3 Å². The molecule has 0 aliphatic rings. The standard InChI is InChI=1S/C7H12N2.3C7H11NS.C6H10N2O.2C6H10N2.C6H9NO.2C6H9NS/c1-6(2)7-4-8-9(3)5-7;1-5(2)7-4-8-6(3)9-7;1-5(2)7-8-6(3)4-9-7;1-5(2)7-8-4-6(3)9-7;1-4(2)6-8-7-5(3)9-6;1-5(2)6-3-7-8-4-6;1-5(2)6-3-4-7-8-6;1-5(2)6-3-7-8-4-6;1-5(2)6-3-8-4-7-6;1-5(2)6-3-7-4-8-6/h4-6H,1-3H3;3*4-5H,1-3H3;4H,1-3H3;2*3-5H,1-2H3,(H,7,8);3*3-5H,1-2H3. The molecule has 10 aromatic heterocycles. The van der Waals surface area contributed by atoms with Crippen LogP contribution in [0.1, 0.15) is 273 Å². The van der Waals surface area contributed by atoms with E-state index < -0.39 is 0 Å². The van der Waals surface area contributed by atoms with Gasteiger partial charge in [-0.1, -0.05) is 144 Å². The molecule has 2 N–H and O–H groups in total. The molecule has 10 aromatic rings. The van der Waals surface area contributed by atoms with Crippen molar-refractivity contribution in [1.29, 1.82) is 0 Å². The Morgan fingerprint density at radius 2 is 1.20 bits per heavy atom. The molecule has 0 saturated carbocycles. The summed E-state index contributed by atoms with van der Waals surface area (Å²) in [4.78, 5) is 24.9. The highest BCUT2D eigenvalue weighted by molar-refractivity contribution is 7.12. The minimum Gasteiger partial charge on any atom is -0.425 e. The molecule has 85 heavy (non-hydrogen) atoms. The molecule has 21 heteroatoms. The van der Waals surface area contributed by atoms with Crippen LogP contribution >= 0.6 is 56.7 Å². The molecule has 0 saturated heterocycles. The second kappa shape index (κ2) is 42.9. The summed E-state index contributed by atoms with van der Waals surface area (Å²) in [6.45, 7) is 50.8. The summed E-state index contributed by atoms with van der Waals surface area (Å²) in [6.07, 6.45) is 18.7. The summed E-state index contributed by atoms with van der Waals surface area (Å²) in [5.74, 6) is 7.01. The van der Waals surface area contributed by atoms with Crippen molar-refractivity contribution in [1.82, 2.24) is 70.4 Å². The van der Waals surface area contributed by atoms with E-state index in [1.165, 1.54) is 52.2 Å². The summed E-state index contributed by atoms with van der Waals surface area (Å²) in [6, 6.07) is 1.99. The summed E-state index contributed by atoms with van der Waals surface area (Å²) >= 11 is 8.69. The monoisotopic (exact) mass is 1260 g/mol. The van der Waals surface area contributed by atoms with Crippen LogP contribution in [0.5, 0.6) is 0 Å². The summed E-state index contributed by atoms with van der Waals surface area (Å²) in [7, 11) is 1.94. The van der Waals surface area contributed by atoms with Crippen molar-refractivity contribution in [3.63, 3.8) is 0 Å². The van der Waals surface area contributed by atoms with Crippen molar-refractivity contribution in [2.75, 3.05) is 0 Å². The Kier molecular flexibility index (Phi) is 38.9. The second-order valence-corrected chi connectivity index (χ2v) is 27.9. The number of H-pyrrole nitrogens is 2. The van der Waals surface area contributed by atoms with E-state index in [0.29, 0.717) is 71.0 Å². The van der Waals surface area contributed by atoms with Crippen LogP contribution in [0.15, 0.2) is 98.8 Å². The highest BCUT2D eigenvalue weighted by atomic mass is 32.1. The number of aryl methyl sites for hydroxylation is 5. The van der Waals surface area contributed by atoms with Gasteiger partial charge in [0.1, 0.15) is 6.26 Å². The second-order valence-electron chi connectivity index (χ2n) is 22.9. The molecule has 0 atom stereocenters. The van der Waals surface area contributed by atoms with E-state index in [9.17, 15) is 0 Å². The largest absolute Gasteiger partial charge is 0.425 e. The van der Waals surface area contributed by atoms with Gasteiger partial charge in [0.15, 0.2) is 0 Å². The van der Waals surface area contributed by atoms with E-state index in [2.05, 4.69) is 213 Å². The molecule has 0 aliphatic carbocycles. The molecule has 470 valence electrons. The number of nitrogens with zero attached hydrogens (tertiary/aromatic N) is 12. The predicted octanol–water partition coefficient (Wildman–Crippen LogP) is 20.2. The molecule has 10 rings (SSSR count). The number of hydrogen-bond donors (Lipinski definition) is 2. The van der Waals surface area contributed by atoms with Gasteiger partial charge in [-0.15, -0.1) is 66.9 Å². The van der Waals surface area contributed by atoms with E-state index in [4.69, 9.17) is 4.42 Å². The Morgan fingerprint density at radius 3 is 1.44 bits per heavy atom. The first-order chi connectivity index (χ1) is 40.0. The number of thiazole rings is 5. The van der Waals surface area contributed by atoms with E-state index in [1.54, 1.807) is 82.3 Å². The lowest BCUT2D eigenvalue weighted by Crippen LogP contribution is -1.85. The van der Waals surface area contributed by atoms with Crippen molar-refractivity contribution in [3.8, 4) is 0 Å². The molecule has 0 radical (unpaired) electrons. The normalized spacial score (nSPS) is 10.5. The maximum atomic E-state index is 5.12. The minimum absolute atomic E-state index is 0.339. The highest BCUT2D eigenvalue weighted by Crippen LogP contribution is 2.22. The zero-order chi connectivity index (χ0) is 64.2. The third-order valence-corrected chi connectivity index (χ3v) is 16.8. The summed E-state index contributed by atoms with van der Waals surface area (Å²) in [5.41, 5.74) is 11.0. The first kappa shape index (κ1) is 77.1. The molecule has 0 aliphatic heterocycles. The van der Waals surface area contributed by atoms with Crippen LogP contribution in [-0.2, 0) is 7.05 Å². The summed E-state index contributed by atoms with van der Waals surface area (Å²) < 4.78 is 11.6. The predicted molar refractivity (Wildman–Crippen MR) is 362 cm³/mol. The van der Waals surface area contributed by atoms with Crippen molar-refractivity contribution < 1.29 is 8.94 Å². The molecule has 0 aromatic carbocycles. The molecular formula is C64H102N14O2S5. The number of aromatic amines is 2. The molecule has 0 amide bonds. The number of nitrogens with one attached hydrogen (secondary N) is 2. The SMILES string of the molecule is CC(C)c1ccn[nH]1.CC(C)c1cn[nH]c1.CC(C)c1cncs1.CC(C)c1cnn(C)c1.CC(C)c1cnoc1.CC(C)c1cscn1.Cc1cnc(C(C)C)s1.Cc1csc(C(C)C)n1.Cc1ncc(C(C)C)s1.Cc1nnc(C(C)C)o1. The van der Waals surface area contributed by atoms with E-state index in [-0.39, 0.29) is 0 Å². The summed E-state index contributed by atoms with van der Waals surface area (Å²) in [5, 5.41) is 36.3. The van der Waals surface area contributed by atoms with Crippen LogP contribution < -0.4 is 0 Å². The quantitative estimate of drug-likeness (QED) is 0.131. The van der Waals surface area contributed by atoms with Gasteiger partial charge in [-0.05, 0) is 79.4 Å². The molecule has 0 spiro atoms. The van der Waals surface area contributed by atoms with Gasteiger partial charge >= 0.3 is 0 Å². The molecule has 0 fully saturated rings. The highest BCUT2D eigenvalue weighted by Gasteiger charge is 2.07. The van der Waals surface area contributed by atoms with Crippen LogP contribution in [-0.4, -0.2) is 70.4 Å². The number of rotatable bonds is 10. The van der Waals surface area contributed by atoms with Crippen molar-refractivity contribution >= 4 is 56.7 Å². The molecule has 16 nitrogen and oxygen atoms in total. The smallest absolute Gasteiger partial charge is 0.219 e. The van der Waals surface area contributed by atoms with E-state index >= 15 is 0 Å². The lowest BCUT2D eigenvalue weighted by molar-refractivity contribution is 0.418. The molecule has 10 heterocycles. The van der Waals surface area contributed by atoms with Crippen LogP contribution in [0, 0.1) is 27.7 Å². The average molecular weight is 1260 g/mol. The fourth-order valence-electron chi connectivity index (χ4n) is 5.89. The average Bonchev–Trinajstić information content (AvgIpc) is 4.32. The first-order valence-corrected chi connectivity index (χ1v) is 33.5. The first-order valence-electron chi connectivity index (χ1n) is 29.2. The Hall–Kier alpha value is -5.87. The number of hydrogen-bond acceptors (Lipinski definition) is 18. The van der Waals surface area contributed by atoms with Gasteiger partial charge in [0, 0.05) is 111 Å². The third kappa shape index (κ3) is 34.8. The van der Waals surface area contributed by atoms with E-state index in [0.717, 1.165) is 11.3 Å². The molecular weight excluding hydrogens is 1160 g/mol. The zero-order valence-electron chi connectivity index (χ0n) is 55.7. The lowest BCUT2D eigenvalue weighted by atomic mass is 10.1. The zero-order valence-corrected chi connectivity index (χ0v) is 59.7. The fourth-order valence-corrected chi connectivity index (χ4v) is 9.62. The molecule has 0 unspecified atom stereocenters. The fraction of sp³-hybridized carbons (Fsp3) is 0.547. The van der Waals surface area contributed by atoms with Crippen molar-refractivity contribution in [2.24, 2.45) is 7.05 Å². The number of aromatic nitrogens is 14. The van der Waals surface area contributed by atoms with Gasteiger partial charge in [0.25, 0.3) is 0 Å². The van der Waals surface area contributed by atoms with Gasteiger partial charge in [0.2, 0.25) is 11.8 Å². The lowest BCUT2D eigenvalue weighted by Gasteiger charge is -1.95. The van der Waals surface area contributed by atoms with Crippen LogP contribution in [0.2, 0.25) is 0 Å². The van der Waals surface area contributed by atoms with Crippen LogP contribution in [0.3, 0.4) is 0 Å². The minimum atomic E-state index is 0.339. The van der Waals surface area contributed by atoms with Crippen molar-refractivity contribution in [3.05, 3.63) is 165 Å². The van der Waals surface area contributed by atoms with Gasteiger partial charge < -0.3 is 8.94 Å². The van der Waals surface area contributed by atoms with E-state index in [1.807, 2.05) is 99.9 Å². The topological polar surface area (TPSA) is 205 Å².